The Kier molecular flexibility index (Phi) is 3.64. The molecule has 0 bridgehead atoms. The quantitative estimate of drug-likeness (QED) is 0.389. The Morgan fingerprint density at radius 2 is 1.36 bits per heavy atom. The fourth-order valence-corrected chi connectivity index (χ4v) is 2.47. The third-order valence-electron chi connectivity index (χ3n) is 1.66. The van der Waals surface area contributed by atoms with Crippen molar-refractivity contribution in [1.82, 2.24) is 0 Å². The van der Waals surface area contributed by atoms with Crippen LogP contribution in [0.2, 0.25) is 18.6 Å². The lowest BCUT2D eigenvalue weighted by molar-refractivity contribution is -0.185. The van der Waals surface area contributed by atoms with Gasteiger partial charge in [-0.1, -0.05) is 0 Å². The van der Waals surface area contributed by atoms with Crippen LogP contribution >= 0.6 is 0 Å². The molecule has 0 aromatic carbocycles. The molecule has 86 valence electrons. The Hall–Kier alpha value is -0.273. The number of rotatable bonds is 2. The van der Waals surface area contributed by atoms with E-state index in [9.17, 15) is 30.5 Å². The molecule has 0 radical (unpaired) electrons. The van der Waals surface area contributed by atoms with Crippen molar-refractivity contribution in [3.63, 3.8) is 0 Å². The third kappa shape index (κ3) is 4.82. The van der Waals surface area contributed by atoms with Crippen LogP contribution in [0.15, 0.2) is 0 Å². The van der Waals surface area contributed by atoms with E-state index in [1.807, 2.05) is 0 Å². The van der Waals surface area contributed by atoms with Crippen LogP contribution in [0.5, 0.6) is 0 Å². The van der Waals surface area contributed by atoms with E-state index < -0.39 is 32.7 Å². The summed E-state index contributed by atoms with van der Waals surface area (Å²) < 4.78 is 84.3. The van der Waals surface area contributed by atoms with Gasteiger partial charge in [0.2, 0.25) is 0 Å². The largest absolute Gasteiger partial charge is 0.392 e. The van der Waals surface area contributed by atoms with Gasteiger partial charge in [0.05, 0.1) is 12.0 Å². The van der Waals surface area contributed by atoms with Crippen LogP contribution in [0.4, 0.5) is 30.5 Å². The van der Waals surface area contributed by atoms with Crippen molar-refractivity contribution >= 4 is 8.41 Å². The molecule has 0 spiro atoms. The van der Waals surface area contributed by atoms with Gasteiger partial charge < -0.3 is 4.11 Å². The van der Waals surface area contributed by atoms with Gasteiger partial charge in [-0.25, -0.2) is 0 Å². The summed E-state index contributed by atoms with van der Waals surface area (Å²) in [6.45, 7) is 1.24. The van der Waals surface area contributed by atoms with Gasteiger partial charge in [0, 0.05) is 0 Å². The van der Waals surface area contributed by atoms with Crippen LogP contribution in [0, 0.1) is 0 Å². The van der Waals surface area contributed by atoms with E-state index in [-0.39, 0.29) is 0 Å². The highest BCUT2D eigenvalue weighted by atomic mass is 28.4. The van der Waals surface area contributed by atoms with Crippen LogP contribution in [0.25, 0.3) is 0 Å². The van der Waals surface area contributed by atoms with E-state index in [1.54, 1.807) is 0 Å². The Morgan fingerprint density at radius 3 is 1.43 bits per heavy atom. The minimum absolute atomic E-state index is 0.622. The Bertz CT molecular complexity index is 172. The second-order valence-electron chi connectivity index (χ2n) is 3.48. The maximum Gasteiger partial charge on any atom is 0.392 e. The summed E-state index contributed by atoms with van der Waals surface area (Å²) in [4.78, 5) is 0. The molecule has 0 aliphatic carbocycles. The summed E-state index contributed by atoms with van der Waals surface area (Å²) in [5.41, 5.74) is -2.88. The predicted octanol–water partition coefficient (Wildman–Crippen LogP) is 4.05. The Labute approximate surface area is 77.3 Å². The molecule has 0 aliphatic heterocycles. The zero-order valence-electron chi connectivity index (χ0n) is 7.43. The molecular formula is C6H9F7Si. The molecule has 0 aromatic rings. The van der Waals surface area contributed by atoms with Gasteiger partial charge in [0.25, 0.3) is 8.41 Å². The number of hydrogen-bond donors (Lipinski definition) is 0. The first kappa shape index (κ1) is 13.7. The van der Waals surface area contributed by atoms with Gasteiger partial charge in [-0.2, -0.15) is 26.3 Å². The highest BCUT2D eigenvalue weighted by molar-refractivity contribution is 6.72. The predicted molar refractivity (Wildman–Crippen MR) is 39.1 cm³/mol. The van der Waals surface area contributed by atoms with Crippen LogP contribution in [-0.4, -0.2) is 20.8 Å². The molecule has 0 saturated carbocycles. The van der Waals surface area contributed by atoms with Gasteiger partial charge in [0.1, 0.15) is 0 Å². The van der Waals surface area contributed by atoms with Crippen molar-refractivity contribution in [1.29, 1.82) is 0 Å². The van der Waals surface area contributed by atoms with Crippen LogP contribution < -0.4 is 0 Å². The van der Waals surface area contributed by atoms with E-state index in [4.69, 9.17) is 0 Å². The fraction of sp³-hybridized carbons (Fsp3) is 1.00. The summed E-state index contributed by atoms with van der Waals surface area (Å²) >= 11 is 0. The average molecular weight is 242 g/mol. The monoisotopic (exact) mass is 242 g/mol. The first-order valence-corrected chi connectivity index (χ1v) is 6.62. The maximum atomic E-state index is 13.0. The Morgan fingerprint density at radius 1 is 1.00 bits per heavy atom. The molecule has 0 aliphatic rings. The molecule has 0 aromatic heterocycles. The second-order valence-corrected chi connectivity index (χ2v) is 7.30. The van der Waals surface area contributed by atoms with E-state index in [2.05, 4.69) is 0 Å². The van der Waals surface area contributed by atoms with Crippen molar-refractivity contribution in [2.75, 3.05) is 0 Å². The molecule has 0 N–H and O–H groups in total. The zero-order chi connectivity index (χ0) is 11.8. The third-order valence-corrected chi connectivity index (χ3v) is 3.85. The minimum atomic E-state index is -5.13. The molecule has 1 atom stereocenters. The van der Waals surface area contributed by atoms with E-state index in [0.717, 1.165) is 0 Å². The zero-order valence-corrected chi connectivity index (χ0v) is 8.43. The summed E-state index contributed by atoms with van der Waals surface area (Å²) in [5.74, 6) is 0. The van der Waals surface area contributed by atoms with E-state index >= 15 is 0 Å². The maximum absolute atomic E-state index is 13.0. The van der Waals surface area contributed by atoms with Crippen molar-refractivity contribution in [2.45, 2.75) is 37.4 Å². The molecule has 0 rings (SSSR count). The van der Waals surface area contributed by atoms with Crippen molar-refractivity contribution in [3.05, 3.63) is 0 Å². The van der Waals surface area contributed by atoms with E-state index in [1.165, 1.54) is 0 Å². The lowest BCUT2D eigenvalue weighted by Crippen LogP contribution is -2.39. The normalized spacial score (nSPS) is 16.9. The smallest absolute Gasteiger partial charge is 0.314 e. The molecule has 0 heterocycles. The minimum Gasteiger partial charge on any atom is -0.314 e. The van der Waals surface area contributed by atoms with Crippen LogP contribution in [0.1, 0.15) is 6.42 Å². The van der Waals surface area contributed by atoms with Crippen molar-refractivity contribution in [3.8, 4) is 0 Å². The molecular weight excluding hydrogens is 233 g/mol. The highest BCUT2D eigenvalue weighted by Gasteiger charge is 2.55. The molecule has 14 heavy (non-hydrogen) atoms. The molecule has 8 heteroatoms. The molecule has 1 unspecified atom stereocenters. The lowest BCUT2D eigenvalue weighted by Gasteiger charge is -2.27. The molecule has 0 fully saturated rings. The SMILES string of the molecule is C[Si](C)(F)C(CC(F)(F)F)C(F)(F)F. The van der Waals surface area contributed by atoms with Gasteiger partial charge in [-0.15, -0.1) is 0 Å². The standard InChI is InChI=1S/C6H9F7Si/c1-14(2,13)4(6(10,11)12)3-5(7,8)9/h4H,3H2,1-2H3. The second kappa shape index (κ2) is 3.71. The summed E-state index contributed by atoms with van der Waals surface area (Å²) in [6.07, 6.45) is -12.2. The number of halogens is 7. The lowest BCUT2D eigenvalue weighted by atomic mass is 10.3. The van der Waals surface area contributed by atoms with Gasteiger partial charge in [-0.3, -0.25) is 0 Å². The van der Waals surface area contributed by atoms with Gasteiger partial charge >= 0.3 is 12.4 Å². The van der Waals surface area contributed by atoms with E-state index in [0.29, 0.717) is 13.1 Å². The topological polar surface area (TPSA) is 0 Å². The number of alkyl halides is 6. The fourth-order valence-electron chi connectivity index (χ4n) is 0.979. The van der Waals surface area contributed by atoms with Crippen LogP contribution in [0.3, 0.4) is 0 Å². The van der Waals surface area contributed by atoms with Crippen molar-refractivity contribution in [2.24, 2.45) is 0 Å². The summed E-state index contributed by atoms with van der Waals surface area (Å²) in [6, 6.07) is 0. The Balaban J connectivity index is 4.78. The molecule has 0 nitrogen and oxygen atoms in total. The van der Waals surface area contributed by atoms with Crippen LogP contribution in [-0.2, 0) is 0 Å². The first-order chi connectivity index (χ1) is 5.84. The summed E-state index contributed by atoms with van der Waals surface area (Å²) in [7, 11) is -4.38. The number of hydrogen-bond acceptors (Lipinski definition) is 0. The summed E-state index contributed by atoms with van der Waals surface area (Å²) in [5, 5.41) is 0. The van der Waals surface area contributed by atoms with Gasteiger partial charge in [-0.05, 0) is 13.1 Å². The average Bonchev–Trinajstić information content (AvgIpc) is 1.75. The molecule has 0 saturated heterocycles. The highest BCUT2D eigenvalue weighted by Crippen LogP contribution is 2.46. The van der Waals surface area contributed by atoms with Crippen molar-refractivity contribution < 1.29 is 30.5 Å². The molecule has 0 amide bonds. The van der Waals surface area contributed by atoms with Gasteiger partial charge in [0.15, 0.2) is 0 Å². The first-order valence-electron chi connectivity index (χ1n) is 3.66.